The van der Waals surface area contributed by atoms with Gasteiger partial charge in [-0.1, -0.05) is 0 Å². The van der Waals surface area contributed by atoms with Crippen LogP contribution >= 0.6 is 0 Å². The fourth-order valence-electron chi connectivity index (χ4n) is 2.17. The van der Waals surface area contributed by atoms with Gasteiger partial charge in [0.15, 0.2) is 0 Å². The monoisotopic (exact) mass is 207 g/mol. The van der Waals surface area contributed by atoms with Crippen LogP contribution in [0, 0.1) is 6.92 Å². The summed E-state index contributed by atoms with van der Waals surface area (Å²) in [5.74, 6) is 0.342. The minimum atomic E-state index is 0.148. The van der Waals surface area contributed by atoms with Crippen LogP contribution < -0.4 is 5.32 Å². The highest BCUT2D eigenvalue weighted by Crippen LogP contribution is 2.25. The van der Waals surface area contributed by atoms with Gasteiger partial charge in [0.1, 0.15) is 5.78 Å². The van der Waals surface area contributed by atoms with Gasteiger partial charge in [0, 0.05) is 43.2 Å². The van der Waals surface area contributed by atoms with E-state index >= 15 is 0 Å². The summed E-state index contributed by atoms with van der Waals surface area (Å²) >= 11 is 0. The average molecular weight is 207 g/mol. The summed E-state index contributed by atoms with van der Waals surface area (Å²) in [5, 5.41) is 7.65. The number of nitrogens with one attached hydrogen (secondary N) is 1. The molecule has 0 bridgehead atoms. The van der Waals surface area contributed by atoms with Crippen molar-refractivity contribution in [3.05, 3.63) is 17.5 Å². The van der Waals surface area contributed by atoms with E-state index in [1.807, 2.05) is 24.9 Å². The van der Waals surface area contributed by atoms with Crippen molar-refractivity contribution in [2.75, 3.05) is 0 Å². The van der Waals surface area contributed by atoms with Gasteiger partial charge < -0.3 is 5.32 Å². The van der Waals surface area contributed by atoms with Crippen molar-refractivity contribution in [1.82, 2.24) is 15.1 Å². The third-order valence-corrected chi connectivity index (χ3v) is 3.10. The average Bonchev–Trinajstić information content (AvgIpc) is 2.46. The number of ketones is 1. The number of piperidine rings is 1. The molecule has 1 aliphatic heterocycles. The molecule has 1 aromatic heterocycles. The summed E-state index contributed by atoms with van der Waals surface area (Å²) in [6, 6.07) is 0.422. The van der Waals surface area contributed by atoms with Gasteiger partial charge in [-0.3, -0.25) is 9.48 Å². The first kappa shape index (κ1) is 10.4. The first-order chi connectivity index (χ1) is 7.08. The lowest BCUT2D eigenvalue weighted by Gasteiger charge is -2.27. The van der Waals surface area contributed by atoms with Crippen LogP contribution in [0.25, 0.3) is 0 Å². The maximum Gasteiger partial charge on any atom is 0.136 e. The summed E-state index contributed by atoms with van der Waals surface area (Å²) in [6.07, 6.45) is 3.10. The molecule has 1 saturated heterocycles. The largest absolute Gasteiger partial charge is 0.306 e. The van der Waals surface area contributed by atoms with E-state index in [9.17, 15) is 4.79 Å². The number of aromatic nitrogens is 2. The van der Waals surface area contributed by atoms with Crippen LogP contribution in [0.1, 0.15) is 37.1 Å². The Bertz CT molecular complexity index is 383. The predicted octanol–water partition coefficient (Wildman–Crippen LogP) is 1.11. The van der Waals surface area contributed by atoms with Crippen molar-refractivity contribution < 1.29 is 4.79 Å². The van der Waals surface area contributed by atoms with Gasteiger partial charge in [-0.15, -0.1) is 0 Å². The van der Waals surface area contributed by atoms with Gasteiger partial charge in [0.05, 0.1) is 6.20 Å². The smallest absolute Gasteiger partial charge is 0.136 e. The Morgan fingerprint density at radius 2 is 2.27 bits per heavy atom. The topological polar surface area (TPSA) is 46.9 Å². The highest BCUT2D eigenvalue weighted by atomic mass is 16.1. The van der Waals surface area contributed by atoms with Crippen molar-refractivity contribution >= 4 is 5.78 Å². The lowest BCUT2D eigenvalue weighted by molar-refractivity contribution is -0.121. The Labute approximate surface area is 89.7 Å². The molecule has 82 valence electrons. The zero-order valence-electron chi connectivity index (χ0n) is 9.45. The number of carbonyl (C=O) groups is 1. The van der Waals surface area contributed by atoms with Gasteiger partial charge in [-0.2, -0.15) is 5.10 Å². The molecule has 1 N–H and O–H groups in total. The fraction of sp³-hybridized carbons (Fsp3) is 0.636. The van der Waals surface area contributed by atoms with Crippen LogP contribution in [0.2, 0.25) is 0 Å². The fourth-order valence-corrected chi connectivity index (χ4v) is 2.17. The van der Waals surface area contributed by atoms with Crippen LogP contribution in [-0.2, 0) is 11.8 Å². The van der Waals surface area contributed by atoms with Crippen molar-refractivity contribution in [3.63, 3.8) is 0 Å². The van der Waals surface area contributed by atoms with Crippen molar-refractivity contribution in [2.24, 2.45) is 7.05 Å². The van der Waals surface area contributed by atoms with Crippen LogP contribution in [0.15, 0.2) is 6.20 Å². The molecule has 0 aromatic carbocycles. The summed E-state index contributed by atoms with van der Waals surface area (Å²) in [5.41, 5.74) is 2.28. The number of nitrogens with zero attached hydrogens (tertiary/aromatic N) is 2. The lowest BCUT2D eigenvalue weighted by atomic mass is 9.93. The zero-order valence-corrected chi connectivity index (χ0v) is 9.45. The number of Topliss-reactive ketones (excluding diaryl/α,β-unsaturated/α-hetero) is 1. The van der Waals surface area contributed by atoms with E-state index in [1.165, 1.54) is 0 Å². The van der Waals surface area contributed by atoms with Crippen LogP contribution in [0.4, 0.5) is 0 Å². The number of aryl methyl sites for hydroxylation is 1. The van der Waals surface area contributed by atoms with E-state index in [0.717, 1.165) is 11.3 Å². The van der Waals surface area contributed by atoms with Gasteiger partial charge in [-0.25, -0.2) is 0 Å². The van der Waals surface area contributed by atoms with Gasteiger partial charge >= 0.3 is 0 Å². The van der Waals surface area contributed by atoms with E-state index < -0.39 is 0 Å². The molecule has 1 fully saturated rings. The second-order valence-corrected chi connectivity index (χ2v) is 4.38. The Balaban J connectivity index is 2.23. The molecule has 0 aliphatic carbocycles. The van der Waals surface area contributed by atoms with Crippen molar-refractivity contribution in [1.29, 1.82) is 0 Å². The molecule has 0 amide bonds. The van der Waals surface area contributed by atoms with E-state index in [1.54, 1.807) is 0 Å². The first-order valence-electron chi connectivity index (χ1n) is 5.34. The molecule has 15 heavy (non-hydrogen) atoms. The van der Waals surface area contributed by atoms with Gasteiger partial charge in [-0.05, 0) is 13.8 Å². The second kappa shape index (κ2) is 3.77. The molecule has 0 spiro atoms. The van der Waals surface area contributed by atoms with E-state index in [2.05, 4.69) is 17.3 Å². The van der Waals surface area contributed by atoms with Gasteiger partial charge in [0.25, 0.3) is 0 Å². The highest BCUT2D eigenvalue weighted by Gasteiger charge is 2.26. The summed E-state index contributed by atoms with van der Waals surface area (Å²) in [7, 11) is 1.92. The predicted molar refractivity (Wildman–Crippen MR) is 57.5 cm³/mol. The van der Waals surface area contributed by atoms with Crippen LogP contribution in [-0.4, -0.2) is 21.6 Å². The highest BCUT2D eigenvalue weighted by molar-refractivity contribution is 5.80. The Morgan fingerprint density at radius 3 is 2.80 bits per heavy atom. The quantitative estimate of drug-likeness (QED) is 0.750. The number of rotatable bonds is 1. The molecule has 2 unspecified atom stereocenters. The molecule has 1 aromatic rings. The summed E-state index contributed by atoms with van der Waals surface area (Å²) in [4.78, 5) is 11.5. The first-order valence-corrected chi connectivity index (χ1v) is 5.34. The third kappa shape index (κ3) is 1.95. The molecule has 2 rings (SSSR count). The maximum atomic E-state index is 11.5. The van der Waals surface area contributed by atoms with E-state index in [-0.39, 0.29) is 12.1 Å². The van der Waals surface area contributed by atoms with Crippen molar-refractivity contribution in [2.45, 2.75) is 38.8 Å². The van der Waals surface area contributed by atoms with E-state index in [4.69, 9.17) is 0 Å². The Morgan fingerprint density at radius 1 is 1.53 bits per heavy atom. The SMILES string of the molecule is Cc1c(C2CC(=O)CC(C)N2)cnn1C. The number of carbonyl (C=O) groups excluding carboxylic acids is 1. The number of hydrogen-bond acceptors (Lipinski definition) is 3. The summed E-state index contributed by atoms with van der Waals surface area (Å²) < 4.78 is 1.85. The third-order valence-electron chi connectivity index (χ3n) is 3.10. The lowest BCUT2D eigenvalue weighted by Crippen LogP contribution is -2.39. The molecule has 4 nitrogen and oxygen atoms in total. The molecule has 2 heterocycles. The standard InChI is InChI=1S/C11H17N3O/c1-7-4-9(15)5-11(13-7)10-6-12-14(3)8(10)2/h6-7,11,13H,4-5H2,1-3H3. The molecule has 1 aliphatic rings. The molecular weight excluding hydrogens is 190 g/mol. The van der Waals surface area contributed by atoms with Crippen LogP contribution in [0.3, 0.4) is 0 Å². The molecule has 0 radical (unpaired) electrons. The second-order valence-electron chi connectivity index (χ2n) is 4.38. The number of hydrogen-bond donors (Lipinski definition) is 1. The molecule has 4 heteroatoms. The molecular formula is C11H17N3O. The minimum absolute atomic E-state index is 0.148. The van der Waals surface area contributed by atoms with Crippen molar-refractivity contribution in [3.8, 4) is 0 Å². The molecule has 0 saturated carbocycles. The minimum Gasteiger partial charge on any atom is -0.306 e. The maximum absolute atomic E-state index is 11.5. The van der Waals surface area contributed by atoms with Crippen LogP contribution in [0.5, 0.6) is 0 Å². The zero-order chi connectivity index (χ0) is 11.0. The Hall–Kier alpha value is -1.16. The molecule has 2 atom stereocenters. The normalized spacial score (nSPS) is 27.0. The van der Waals surface area contributed by atoms with Gasteiger partial charge in [0.2, 0.25) is 0 Å². The van der Waals surface area contributed by atoms with E-state index in [0.29, 0.717) is 18.6 Å². The Kier molecular flexibility index (Phi) is 2.61. The summed E-state index contributed by atoms with van der Waals surface area (Å²) in [6.45, 7) is 4.09.